The minimum atomic E-state index is -0.0835. The summed E-state index contributed by atoms with van der Waals surface area (Å²) in [6.45, 7) is 6.79. The molecule has 1 N–H and O–H groups in total. The van der Waals surface area contributed by atoms with E-state index in [9.17, 15) is 4.79 Å². The predicted molar refractivity (Wildman–Crippen MR) is 102 cm³/mol. The van der Waals surface area contributed by atoms with Crippen LogP contribution in [0.2, 0.25) is 0 Å². The molecule has 0 radical (unpaired) electrons. The van der Waals surface area contributed by atoms with Crippen molar-refractivity contribution in [1.82, 2.24) is 14.7 Å². The fourth-order valence-corrected chi connectivity index (χ4v) is 3.23. The molecule has 1 aromatic heterocycles. The zero-order valence-corrected chi connectivity index (χ0v) is 15.9. The van der Waals surface area contributed by atoms with E-state index in [2.05, 4.69) is 23.4 Å². The maximum atomic E-state index is 12.3. The minimum Gasteiger partial charge on any atom is -0.324 e. The zero-order chi connectivity index (χ0) is 17.7. The van der Waals surface area contributed by atoms with Crippen LogP contribution in [0.15, 0.2) is 30.3 Å². The Morgan fingerprint density at radius 1 is 1.38 bits per heavy atom. The lowest BCUT2D eigenvalue weighted by molar-refractivity contribution is 0.212. The average molecular weight is 347 g/mol. The van der Waals surface area contributed by atoms with Crippen molar-refractivity contribution in [2.75, 3.05) is 24.4 Å². The first-order valence-electron chi connectivity index (χ1n) is 8.03. The van der Waals surface area contributed by atoms with Crippen molar-refractivity contribution < 1.29 is 4.79 Å². The monoisotopic (exact) mass is 346 g/mol. The SMILES string of the molecule is CSC[C@@H](C)N(C)C(=O)Nc1cccc(Cn2nc(C)cc2C)c1. The lowest BCUT2D eigenvalue weighted by Crippen LogP contribution is -2.39. The Morgan fingerprint density at radius 3 is 2.75 bits per heavy atom. The molecule has 0 aliphatic carbocycles. The average Bonchev–Trinajstić information content (AvgIpc) is 2.84. The second-order valence-electron chi connectivity index (χ2n) is 6.13. The minimum absolute atomic E-state index is 0.0835. The summed E-state index contributed by atoms with van der Waals surface area (Å²) in [6.07, 6.45) is 2.05. The Bertz CT molecular complexity index is 698. The number of rotatable bonds is 6. The third-order valence-electron chi connectivity index (χ3n) is 4.00. The molecule has 0 aliphatic heterocycles. The molecule has 1 atom stereocenters. The van der Waals surface area contributed by atoms with Crippen molar-refractivity contribution in [1.29, 1.82) is 0 Å². The van der Waals surface area contributed by atoms with E-state index in [4.69, 9.17) is 0 Å². The molecule has 130 valence electrons. The molecule has 6 heteroatoms. The van der Waals surface area contributed by atoms with Gasteiger partial charge in [-0.1, -0.05) is 12.1 Å². The number of aromatic nitrogens is 2. The number of thioether (sulfide) groups is 1. The van der Waals surface area contributed by atoms with Gasteiger partial charge in [0.2, 0.25) is 0 Å². The number of carbonyl (C=O) groups is 1. The summed E-state index contributed by atoms with van der Waals surface area (Å²) < 4.78 is 1.98. The number of urea groups is 1. The molecule has 1 heterocycles. The van der Waals surface area contributed by atoms with E-state index in [1.807, 2.05) is 56.1 Å². The maximum Gasteiger partial charge on any atom is 0.321 e. The van der Waals surface area contributed by atoms with Crippen LogP contribution in [0, 0.1) is 13.8 Å². The van der Waals surface area contributed by atoms with Crippen molar-refractivity contribution in [3.63, 3.8) is 0 Å². The number of benzene rings is 1. The van der Waals surface area contributed by atoms with Crippen LogP contribution >= 0.6 is 11.8 Å². The number of aryl methyl sites for hydroxylation is 2. The highest BCUT2D eigenvalue weighted by Crippen LogP contribution is 2.14. The number of anilines is 1. The number of hydrogen-bond acceptors (Lipinski definition) is 3. The van der Waals surface area contributed by atoms with Gasteiger partial charge in [-0.2, -0.15) is 16.9 Å². The van der Waals surface area contributed by atoms with Crippen LogP contribution in [-0.4, -0.2) is 45.8 Å². The maximum absolute atomic E-state index is 12.3. The molecule has 0 fully saturated rings. The van der Waals surface area contributed by atoms with Crippen molar-refractivity contribution in [3.05, 3.63) is 47.3 Å². The smallest absolute Gasteiger partial charge is 0.321 e. The molecule has 0 unspecified atom stereocenters. The van der Waals surface area contributed by atoms with Gasteiger partial charge >= 0.3 is 6.03 Å². The van der Waals surface area contributed by atoms with E-state index < -0.39 is 0 Å². The molecule has 1 aromatic carbocycles. The van der Waals surface area contributed by atoms with E-state index in [0.717, 1.165) is 28.4 Å². The summed E-state index contributed by atoms with van der Waals surface area (Å²) in [4.78, 5) is 14.1. The Hall–Kier alpha value is -1.95. The van der Waals surface area contributed by atoms with Crippen molar-refractivity contribution in [2.45, 2.75) is 33.4 Å². The highest BCUT2D eigenvalue weighted by atomic mass is 32.2. The van der Waals surface area contributed by atoms with Crippen molar-refractivity contribution in [2.24, 2.45) is 0 Å². The summed E-state index contributed by atoms with van der Waals surface area (Å²) >= 11 is 1.74. The van der Waals surface area contributed by atoms with Gasteiger partial charge < -0.3 is 10.2 Å². The largest absolute Gasteiger partial charge is 0.324 e. The number of amides is 2. The van der Waals surface area contributed by atoms with E-state index in [0.29, 0.717) is 6.54 Å². The van der Waals surface area contributed by atoms with Gasteiger partial charge in [0.15, 0.2) is 0 Å². The molecule has 2 amide bonds. The number of nitrogens with one attached hydrogen (secondary N) is 1. The van der Waals surface area contributed by atoms with Crippen LogP contribution in [0.1, 0.15) is 23.9 Å². The van der Waals surface area contributed by atoms with Crippen molar-refractivity contribution >= 4 is 23.5 Å². The highest BCUT2D eigenvalue weighted by Gasteiger charge is 2.15. The van der Waals surface area contributed by atoms with Gasteiger partial charge in [-0.05, 0) is 50.8 Å². The van der Waals surface area contributed by atoms with Gasteiger partial charge in [-0.25, -0.2) is 4.79 Å². The summed E-state index contributed by atoms with van der Waals surface area (Å²) in [5, 5.41) is 7.46. The fraction of sp³-hybridized carbons (Fsp3) is 0.444. The number of carbonyl (C=O) groups excluding carboxylic acids is 1. The molecule has 5 nitrogen and oxygen atoms in total. The first kappa shape index (κ1) is 18.4. The lowest BCUT2D eigenvalue weighted by Gasteiger charge is -2.24. The summed E-state index contributed by atoms with van der Waals surface area (Å²) in [5.74, 6) is 0.919. The van der Waals surface area contributed by atoms with E-state index in [1.54, 1.807) is 16.7 Å². The van der Waals surface area contributed by atoms with Gasteiger partial charge in [0.05, 0.1) is 12.2 Å². The zero-order valence-electron chi connectivity index (χ0n) is 15.0. The Morgan fingerprint density at radius 2 is 2.12 bits per heavy atom. The van der Waals surface area contributed by atoms with Crippen LogP contribution in [0.25, 0.3) is 0 Å². The molecule has 0 aliphatic rings. The third kappa shape index (κ3) is 4.77. The lowest BCUT2D eigenvalue weighted by atomic mass is 10.2. The van der Waals surface area contributed by atoms with Gasteiger partial charge in [0, 0.05) is 30.2 Å². The molecule has 0 bridgehead atoms. The third-order valence-corrected chi connectivity index (χ3v) is 4.82. The normalized spacial score (nSPS) is 12.0. The molecular formula is C18H26N4OS. The first-order chi connectivity index (χ1) is 11.4. The topological polar surface area (TPSA) is 50.2 Å². The van der Waals surface area contributed by atoms with E-state index in [-0.39, 0.29) is 12.1 Å². The Labute approximate surface area is 148 Å². The summed E-state index contributed by atoms with van der Waals surface area (Å²) in [5.41, 5.74) is 4.06. The molecule has 24 heavy (non-hydrogen) atoms. The first-order valence-corrected chi connectivity index (χ1v) is 9.43. The van der Waals surface area contributed by atoms with Crippen LogP contribution in [0.5, 0.6) is 0 Å². The van der Waals surface area contributed by atoms with E-state index in [1.165, 1.54) is 0 Å². The summed E-state index contributed by atoms with van der Waals surface area (Å²) in [7, 11) is 1.83. The molecule has 2 rings (SSSR count). The Balaban J connectivity index is 2.05. The second-order valence-corrected chi connectivity index (χ2v) is 7.04. The quantitative estimate of drug-likeness (QED) is 0.866. The van der Waals surface area contributed by atoms with Crippen LogP contribution in [0.3, 0.4) is 0 Å². The van der Waals surface area contributed by atoms with Gasteiger partial charge in [0.1, 0.15) is 0 Å². The molecule has 0 saturated carbocycles. The Kier molecular flexibility index (Phi) is 6.31. The van der Waals surface area contributed by atoms with E-state index >= 15 is 0 Å². The summed E-state index contributed by atoms with van der Waals surface area (Å²) in [6, 6.07) is 10.1. The standard InChI is InChI=1S/C18H26N4OS/c1-13-9-14(2)22(20-13)11-16-7-6-8-17(10-16)19-18(23)21(4)15(3)12-24-5/h6-10,15H,11-12H2,1-5H3,(H,19,23)/t15-/m1/s1. The fourth-order valence-electron chi connectivity index (χ4n) is 2.52. The second kappa shape index (κ2) is 8.24. The predicted octanol–water partition coefficient (Wildman–Crippen LogP) is 3.76. The van der Waals surface area contributed by atoms with Gasteiger partial charge in [-0.15, -0.1) is 0 Å². The van der Waals surface area contributed by atoms with Crippen LogP contribution < -0.4 is 5.32 Å². The van der Waals surface area contributed by atoms with Gasteiger partial charge in [-0.3, -0.25) is 4.68 Å². The number of nitrogens with zero attached hydrogens (tertiary/aromatic N) is 3. The molecule has 2 aromatic rings. The van der Waals surface area contributed by atoms with Gasteiger partial charge in [0.25, 0.3) is 0 Å². The molecule has 0 spiro atoms. The molecular weight excluding hydrogens is 320 g/mol. The number of hydrogen-bond donors (Lipinski definition) is 1. The van der Waals surface area contributed by atoms with Crippen LogP contribution in [-0.2, 0) is 6.54 Å². The van der Waals surface area contributed by atoms with Crippen molar-refractivity contribution in [3.8, 4) is 0 Å². The molecule has 0 saturated heterocycles. The van der Waals surface area contributed by atoms with Crippen LogP contribution in [0.4, 0.5) is 10.5 Å². The highest BCUT2D eigenvalue weighted by molar-refractivity contribution is 7.98.